The summed E-state index contributed by atoms with van der Waals surface area (Å²) in [6.45, 7) is 0.479. The minimum absolute atomic E-state index is 0.00605. The maximum absolute atomic E-state index is 12.7. The van der Waals surface area contributed by atoms with Gasteiger partial charge in [-0.2, -0.15) is 13.2 Å². The number of carbonyl (C=O) groups is 1. The molecule has 0 spiro atoms. The van der Waals surface area contributed by atoms with Crippen LogP contribution in [0.4, 0.5) is 18.9 Å². The monoisotopic (exact) mass is 458 g/mol. The molecule has 2 heterocycles. The predicted octanol–water partition coefficient (Wildman–Crippen LogP) is 5.34. The zero-order valence-corrected chi connectivity index (χ0v) is 17.4. The Morgan fingerprint density at radius 2 is 1.75 bits per heavy atom. The van der Waals surface area contributed by atoms with Crippen LogP contribution in [0.25, 0.3) is 11.6 Å². The molecule has 164 valence electrons. The normalized spacial score (nSPS) is 11.5. The second kappa shape index (κ2) is 9.31. The Hall–Kier alpha value is -3.53. The van der Waals surface area contributed by atoms with Gasteiger partial charge >= 0.3 is 6.18 Å². The second-order valence-corrected chi connectivity index (χ2v) is 7.71. The number of alkyl halides is 3. The van der Waals surface area contributed by atoms with E-state index in [9.17, 15) is 18.0 Å². The maximum Gasteiger partial charge on any atom is 0.416 e. The summed E-state index contributed by atoms with van der Waals surface area (Å²) >= 11 is 1.17. The highest BCUT2D eigenvalue weighted by Gasteiger charge is 2.30. The lowest BCUT2D eigenvalue weighted by Gasteiger charge is -2.10. The Bertz CT molecular complexity index is 1170. The number of anilines is 1. The van der Waals surface area contributed by atoms with Crippen molar-refractivity contribution in [3.8, 4) is 11.6 Å². The van der Waals surface area contributed by atoms with Crippen molar-refractivity contribution in [1.29, 1.82) is 0 Å². The molecule has 0 atom stereocenters. The number of furan rings is 1. The zero-order chi connectivity index (χ0) is 22.6. The van der Waals surface area contributed by atoms with E-state index < -0.39 is 11.7 Å². The highest BCUT2D eigenvalue weighted by atomic mass is 32.2. The molecular weight excluding hydrogens is 441 g/mol. The van der Waals surface area contributed by atoms with Gasteiger partial charge in [0.25, 0.3) is 0 Å². The standard InChI is InChI=1S/C22H17F3N4O2S/c23-22(24,25)16-8-10-17(11-9-16)26-19(30)14-32-21-28-27-20(18-7-4-12-31-18)29(21)13-15-5-2-1-3-6-15/h1-12H,13-14H2,(H,26,30). The lowest BCUT2D eigenvalue weighted by atomic mass is 10.2. The van der Waals surface area contributed by atoms with Gasteiger partial charge in [0.2, 0.25) is 11.7 Å². The van der Waals surface area contributed by atoms with E-state index in [1.165, 1.54) is 23.9 Å². The van der Waals surface area contributed by atoms with Gasteiger partial charge in [0, 0.05) is 5.69 Å². The number of nitrogens with one attached hydrogen (secondary N) is 1. The minimum Gasteiger partial charge on any atom is -0.461 e. The van der Waals surface area contributed by atoms with Crippen molar-refractivity contribution in [1.82, 2.24) is 14.8 Å². The van der Waals surface area contributed by atoms with Crippen LogP contribution in [0.2, 0.25) is 0 Å². The van der Waals surface area contributed by atoms with Gasteiger partial charge in [0.1, 0.15) is 0 Å². The van der Waals surface area contributed by atoms with Crippen LogP contribution >= 0.6 is 11.8 Å². The third-order valence-electron chi connectivity index (χ3n) is 4.47. The highest BCUT2D eigenvalue weighted by Crippen LogP contribution is 2.30. The summed E-state index contributed by atoms with van der Waals surface area (Å²) < 4.78 is 45.3. The average Bonchev–Trinajstić information content (AvgIpc) is 3.43. The van der Waals surface area contributed by atoms with E-state index in [1.54, 1.807) is 18.4 Å². The molecule has 4 aromatic rings. The number of carbonyl (C=O) groups excluding carboxylic acids is 1. The van der Waals surface area contributed by atoms with E-state index >= 15 is 0 Å². The van der Waals surface area contributed by atoms with Crippen LogP contribution in [0.5, 0.6) is 0 Å². The fourth-order valence-corrected chi connectivity index (χ4v) is 3.70. The smallest absolute Gasteiger partial charge is 0.416 e. The molecule has 0 fully saturated rings. The first kappa shape index (κ1) is 21.7. The fourth-order valence-electron chi connectivity index (χ4n) is 2.96. The van der Waals surface area contributed by atoms with E-state index in [0.717, 1.165) is 17.7 Å². The second-order valence-electron chi connectivity index (χ2n) is 6.77. The molecule has 1 N–H and O–H groups in total. The molecule has 0 saturated carbocycles. The summed E-state index contributed by atoms with van der Waals surface area (Å²) in [4.78, 5) is 12.3. The van der Waals surface area contributed by atoms with Gasteiger partial charge < -0.3 is 9.73 Å². The summed E-state index contributed by atoms with van der Waals surface area (Å²) in [6, 6.07) is 17.5. The minimum atomic E-state index is -4.42. The molecule has 0 unspecified atom stereocenters. The van der Waals surface area contributed by atoms with E-state index in [1.807, 2.05) is 34.9 Å². The molecule has 2 aromatic heterocycles. The van der Waals surface area contributed by atoms with Gasteiger partial charge in [-0.15, -0.1) is 10.2 Å². The van der Waals surface area contributed by atoms with Gasteiger partial charge in [-0.1, -0.05) is 42.1 Å². The number of aromatic nitrogens is 3. The van der Waals surface area contributed by atoms with Crippen LogP contribution < -0.4 is 5.32 Å². The van der Waals surface area contributed by atoms with E-state index in [-0.39, 0.29) is 17.3 Å². The SMILES string of the molecule is O=C(CSc1nnc(-c2ccco2)n1Cc1ccccc1)Nc1ccc(C(F)(F)F)cc1. The molecule has 4 rings (SSSR count). The Morgan fingerprint density at radius 1 is 1.00 bits per heavy atom. The first-order chi connectivity index (χ1) is 15.4. The summed E-state index contributed by atoms with van der Waals surface area (Å²) in [6.07, 6.45) is -2.88. The van der Waals surface area contributed by atoms with Crippen LogP contribution in [-0.2, 0) is 17.5 Å². The van der Waals surface area contributed by atoms with Crippen molar-refractivity contribution in [3.63, 3.8) is 0 Å². The lowest BCUT2D eigenvalue weighted by molar-refractivity contribution is -0.137. The topological polar surface area (TPSA) is 73.0 Å². The Labute approximate surface area is 185 Å². The first-order valence-corrected chi connectivity index (χ1v) is 10.5. The lowest BCUT2D eigenvalue weighted by Crippen LogP contribution is -2.15. The maximum atomic E-state index is 12.7. The Morgan fingerprint density at radius 3 is 2.41 bits per heavy atom. The van der Waals surface area contributed by atoms with Gasteiger partial charge in [0.15, 0.2) is 10.9 Å². The zero-order valence-electron chi connectivity index (χ0n) is 16.5. The number of hydrogen-bond donors (Lipinski definition) is 1. The van der Waals surface area contributed by atoms with Gasteiger partial charge in [-0.25, -0.2) is 0 Å². The van der Waals surface area contributed by atoms with Gasteiger partial charge in [0.05, 0.1) is 24.1 Å². The fraction of sp³-hybridized carbons (Fsp3) is 0.136. The van der Waals surface area contributed by atoms with Crippen molar-refractivity contribution < 1.29 is 22.4 Å². The third-order valence-corrected chi connectivity index (χ3v) is 5.44. The van der Waals surface area contributed by atoms with Crippen molar-refractivity contribution in [2.75, 3.05) is 11.1 Å². The summed E-state index contributed by atoms with van der Waals surface area (Å²) in [7, 11) is 0. The molecule has 2 aromatic carbocycles. The molecule has 0 aliphatic carbocycles. The number of benzene rings is 2. The highest BCUT2D eigenvalue weighted by molar-refractivity contribution is 7.99. The summed E-state index contributed by atoms with van der Waals surface area (Å²) in [5, 5.41) is 11.5. The van der Waals surface area contributed by atoms with Crippen molar-refractivity contribution >= 4 is 23.4 Å². The number of halogens is 3. The number of nitrogens with zero attached hydrogens (tertiary/aromatic N) is 3. The van der Waals surface area contributed by atoms with Crippen LogP contribution in [0.15, 0.2) is 82.6 Å². The number of hydrogen-bond acceptors (Lipinski definition) is 5. The van der Waals surface area contributed by atoms with Crippen LogP contribution in [-0.4, -0.2) is 26.4 Å². The number of amides is 1. The van der Waals surface area contributed by atoms with Crippen molar-refractivity contribution in [3.05, 3.63) is 84.1 Å². The van der Waals surface area contributed by atoms with Crippen LogP contribution in [0.1, 0.15) is 11.1 Å². The molecule has 0 radical (unpaired) electrons. The summed E-state index contributed by atoms with van der Waals surface area (Å²) in [5.41, 5.74) is 0.533. The molecule has 6 nitrogen and oxygen atoms in total. The number of rotatable bonds is 7. The number of thioether (sulfide) groups is 1. The molecule has 1 amide bonds. The Kier molecular flexibility index (Phi) is 6.31. The average molecular weight is 458 g/mol. The van der Waals surface area contributed by atoms with Gasteiger partial charge in [-0.3, -0.25) is 9.36 Å². The molecule has 0 aliphatic rings. The van der Waals surface area contributed by atoms with Crippen molar-refractivity contribution in [2.24, 2.45) is 0 Å². The van der Waals surface area contributed by atoms with Crippen LogP contribution in [0, 0.1) is 0 Å². The molecule has 0 saturated heterocycles. The molecular formula is C22H17F3N4O2S. The molecule has 0 bridgehead atoms. The third kappa shape index (κ3) is 5.20. The largest absolute Gasteiger partial charge is 0.461 e. The predicted molar refractivity (Wildman–Crippen MR) is 114 cm³/mol. The quantitative estimate of drug-likeness (QED) is 0.379. The van der Waals surface area contributed by atoms with E-state index in [0.29, 0.717) is 23.3 Å². The molecule has 10 heteroatoms. The Balaban J connectivity index is 1.46. The first-order valence-electron chi connectivity index (χ1n) is 9.51. The molecule has 0 aliphatic heterocycles. The van der Waals surface area contributed by atoms with Crippen LogP contribution in [0.3, 0.4) is 0 Å². The van der Waals surface area contributed by atoms with E-state index in [4.69, 9.17) is 4.42 Å². The van der Waals surface area contributed by atoms with Gasteiger partial charge in [-0.05, 0) is 42.0 Å². The molecule has 32 heavy (non-hydrogen) atoms. The summed E-state index contributed by atoms with van der Waals surface area (Å²) in [5.74, 6) is 0.717. The van der Waals surface area contributed by atoms with Crippen molar-refractivity contribution in [2.45, 2.75) is 17.9 Å². The van der Waals surface area contributed by atoms with E-state index in [2.05, 4.69) is 15.5 Å².